The SMILES string of the molecule is CC(CC(O)c1cccs1)NC(=O)NC(CCC(=O)O)Cc1ccccc1. The Morgan fingerprint density at radius 1 is 1.11 bits per heavy atom. The summed E-state index contributed by atoms with van der Waals surface area (Å²) in [6, 6.07) is 12.5. The van der Waals surface area contributed by atoms with Gasteiger partial charge in [0.05, 0.1) is 6.10 Å². The van der Waals surface area contributed by atoms with Gasteiger partial charge < -0.3 is 20.8 Å². The predicted octanol–water partition coefficient (Wildman–Crippen LogP) is 3.34. The molecule has 0 aliphatic heterocycles. The molecule has 3 unspecified atom stereocenters. The highest BCUT2D eigenvalue weighted by Gasteiger charge is 2.18. The van der Waals surface area contributed by atoms with Crippen LogP contribution in [0, 0.1) is 0 Å². The fourth-order valence-electron chi connectivity index (χ4n) is 2.86. The fraction of sp³-hybridized carbons (Fsp3) is 0.400. The first-order valence-corrected chi connectivity index (χ1v) is 9.86. The average molecular weight is 391 g/mol. The van der Waals surface area contributed by atoms with Gasteiger partial charge in [0.2, 0.25) is 0 Å². The first-order chi connectivity index (χ1) is 12.9. The molecule has 0 aliphatic rings. The number of aliphatic hydroxyl groups excluding tert-OH is 1. The molecule has 0 saturated carbocycles. The van der Waals surface area contributed by atoms with Crippen molar-refractivity contribution in [2.75, 3.05) is 0 Å². The molecule has 2 rings (SSSR count). The minimum absolute atomic E-state index is 0.00950. The van der Waals surface area contributed by atoms with Gasteiger partial charge >= 0.3 is 12.0 Å². The predicted molar refractivity (Wildman–Crippen MR) is 106 cm³/mol. The third-order valence-electron chi connectivity index (χ3n) is 4.19. The first kappa shape index (κ1) is 20.9. The maximum absolute atomic E-state index is 12.3. The number of hydrogen-bond donors (Lipinski definition) is 4. The summed E-state index contributed by atoms with van der Waals surface area (Å²) >= 11 is 1.48. The molecule has 2 aromatic rings. The van der Waals surface area contributed by atoms with Gasteiger partial charge in [-0.15, -0.1) is 11.3 Å². The lowest BCUT2D eigenvalue weighted by Crippen LogP contribution is -2.46. The number of hydrogen-bond acceptors (Lipinski definition) is 4. The molecule has 4 N–H and O–H groups in total. The summed E-state index contributed by atoms with van der Waals surface area (Å²) in [6.07, 6.45) is 0.696. The van der Waals surface area contributed by atoms with Gasteiger partial charge in [0.15, 0.2) is 0 Å². The van der Waals surface area contributed by atoms with Crippen molar-refractivity contribution in [1.29, 1.82) is 0 Å². The molecule has 0 fully saturated rings. The van der Waals surface area contributed by atoms with Crippen LogP contribution in [0.1, 0.15) is 42.7 Å². The third-order valence-corrected chi connectivity index (χ3v) is 5.17. The van der Waals surface area contributed by atoms with Crippen molar-refractivity contribution in [3.63, 3.8) is 0 Å². The van der Waals surface area contributed by atoms with Crippen LogP contribution in [0.15, 0.2) is 47.8 Å². The van der Waals surface area contributed by atoms with E-state index in [4.69, 9.17) is 5.11 Å². The molecule has 146 valence electrons. The first-order valence-electron chi connectivity index (χ1n) is 8.98. The van der Waals surface area contributed by atoms with Crippen LogP contribution in [-0.2, 0) is 11.2 Å². The van der Waals surface area contributed by atoms with Gasteiger partial charge in [0, 0.05) is 23.4 Å². The average Bonchev–Trinajstić information content (AvgIpc) is 3.15. The van der Waals surface area contributed by atoms with Gasteiger partial charge in [-0.05, 0) is 43.2 Å². The highest BCUT2D eigenvalue weighted by atomic mass is 32.1. The molecule has 0 saturated heterocycles. The maximum Gasteiger partial charge on any atom is 0.315 e. The second-order valence-electron chi connectivity index (χ2n) is 6.60. The molecular formula is C20H26N2O4S. The monoisotopic (exact) mass is 390 g/mol. The summed E-state index contributed by atoms with van der Waals surface area (Å²) in [5.74, 6) is -0.886. The zero-order valence-electron chi connectivity index (χ0n) is 15.3. The van der Waals surface area contributed by atoms with Crippen molar-refractivity contribution in [1.82, 2.24) is 10.6 Å². The van der Waals surface area contributed by atoms with Crippen molar-refractivity contribution in [3.8, 4) is 0 Å². The number of aliphatic hydroxyl groups is 1. The normalized spacial score (nSPS) is 14.1. The number of amides is 2. The van der Waals surface area contributed by atoms with E-state index in [1.165, 1.54) is 11.3 Å². The molecule has 0 radical (unpaired) electrons. The van der Waals surface area contributed by atoms with E-state index in [9.17, 15) is 14.7 Å². The Bertz CT molecular complexity index is 706. The molecule has 0 bridgehead atoms. The number of thiophene rings is 1. The fourth-order valence-corrected chi connectivity index (χ4v) is 3.59. The summed E-state index contributed by atoms with van der Waals surface area (Å²) in [5.41, 5.74) is 1.04. The second kappa shape index (κ2) is 10.7. The van der Waals surface area contributed by atoms with Crippen LogP contribution >= 0.6 is 11.3 Å². The van der Waals surface area contributed by atoms with Crippen molar-refractivity contribution >= 4 is 23.3 Å². The number of carboxylic acids is 1. The molecule has 7 heteroatoms. The number of benzene rings is 1. The van der Waals surface area contributed by atoms with E-state index in [2.05, 4.69) is 10.6 Å². The van der Waals surface area contributed by atoms with Gasteiger partial charge in [-0.2, -0.15) is 0 Å². The summed E-state index contributed by atoms with van der Waals surface area (Å²) in [5, 5.41) is 26.7. The molecule has 2 amide bonds. The largest absolute Gasteiger partial charge is 0.481 e. The zero-order chi connectivity index (χ0) is 19.6. The second-order valence-corrected chi connectivity index (χ2v) is 7.58. The van der Waals surface area contributed by atoms with Gasteiger partial charge in [0.25, 0.3) is 0 Å². The quantitative estimate of drug-likeness (QED) is 0.500. The van der Waals surface area contributed by atoms with Gasteiger partial charge in [-0.3, -0.25) is 4.79 Å². The lowest BCUT2D eigenvalue weighted by molar-refractivity contribution is -0.137. The van der Waals surface area contributed by atoms with Crippen LogP contribution in [-0.4, -0.2) is 34.3 Å². The standard InChI is InChI=1S/C20H26N2O4S/c1-14(12-17(23)18-8-5-11-27-18)21-20(26)22-16(9-10-19(24)25)13-15-6-3-2-4-7-15/h2-8,11,14,16-17,23H,9-10,12-13H2,1H3,(H,24,25)(H2,21,22,26). The van der Waals surface area contributed by atoms with Crippen LogP contribution in [0.25, 0.3) is 0 Å². The molecule has 6 nitrogen and oxygen atoms in total. The summed E-state index contributed by atoms with van der Waals surface area (Å²) in [6.45, 7) is 1.83. The highest BCUT2D eigenvalue weighted by molar-refractivity contribution is 7.10. The van der Waals surface area contributed by atoms with Crippen molar-refractivity contribution in [2.45, 2.75) is 50.8 Å². The molecule has 0 aliphatic carbocycles. The minimum Gasteiger partial charge on any atom is -0.481 e. The Kier molecular flexibility index (Phi) is 8.29. The topological polar surface area (TPSA) is 98.7 Å². The van der Waals surface area contributed by atoms with Crippen LogP contribution in [0.4, 0.5) is 4.79 Å². The van der Waals surface area contributed by atoms with E-state index < -0.39 is 12.1 Å². The highest BCUT2D eigenvalue weighted by Crippen LogP contribution is 2.22. The van der Waals surface area contributed by atoms with Crippen LogP contribution in [0.2, 0.25) is 0 Å². The number of nitrogens with one attached hydrogen (secondary N) is 2. The lowest BCUT2D eigenvalue weighted by Gasteiger charge is -2.22. The van der Waals surface area contributed by atoms with Crippen molar-refractivity contribution < 1.29 is 19.8 Å². The molecule has 27 heavy (non-hydrogen) atoms. The summed E-state index contributed by atoms with van der Waals surface area (Å²) in [4.78, 5) is 24.1. The maximum atomic E-state index is 12.3. The van der Waals surface area contributed by atoms with E-state index in [-0.39, 0.29) is 24.5 Å². The lowest BCUT2D eigenvalue weighted by atomic mass is 10.0. The Hall–Kier alpha value is -2.38. The van der Waals surface area contributed by atoms with Gasteiger partial charge in [0.1, 0.15) is 0 Å². The van der Waals surface area contributed by atoms with Crippen LogP contribution in [0.3, 0.4) is 0 Å². The molecule has 3 atom stereocenters. The minimum atomic E-state index is -0.886. The molecule has 1 aromatic carbocycles. The van der Waals surface area contributed by atoms with Gasteiger partial charge in [-0.25, -0.2) is 4.79 Å². The molecular weight excluding hydrogens is 364 g/mol. The smallest absolute Gasteiger partial charge is 0.315 e. The Morgan fingerprint density at radius 3 is 2.48 bits per heavy atom. The van der Waals surface area contributed by atoms with E-state index in [1.54, 1.807) is 0 Å². The number of urea groups is 1. The van der Waals surface area contributed by atoms with E-state index in [1.807, 2.05) is 54.8 Å². The summed E-state index contributed by atoms with van der Waals surface area (Å²) < 4.78 is 0. The zero-order valence-corrected chi connectivity index (χ0v) is 16.1. The van der Waals surface area contributed by atoms with E-state index in [0.717, 1.165) is 10.4 Å². The van der Waals surface area contributed by atoms with Gasteiger partial charge in [-0.1, -0.05) is 36.4 Å². The van der Waals surface area contributed by atoms with E-state index >= 15 is 0 Å². The molecule has 1 aromatic heterocycles. The van der Waals surface area contributed by atoms with E-state index in [0.29, 0.717) is 19.3 Å². The number of carboxylic acid groups (broad SMARTS) is 1. The Labute approximate surface area is 163 Å². The Balaban J connectivity index is 1.86. The number of rotatable bonds is 10. The van der Waals surface area contributed by atoms with Crippen LogP contribution in [0.5, 0.6) is 0 Å². The number of carbonyl (C=O) groups is 2. The summed E-state index contributed by atoms with van der Waals surface area (Å²) in [7, 11) is 0. The Morgan fingerprint density at radius 2 is 1.85 bits per heavy atom. The van der Waals surface area contributed by atoms with Crippen LogP contribution < -0.4 is 10.6 Å². The molecule has 0 spiro atoms. The number of aliphatic carboxylic acids is 1. The van der Waals surface area contributed by atoms with Crippen molar-refractivity contribution in [2.24, 2.45) is 0 Å². The van der Waals surface area contributed by atoms with Crippen molar-refractivity contribution in [3.05, 3.63) is 58.3 Å². The third kappa shape index (κ3) is 7.80. The molecule has 1 heterocycles. The number of carbonyl (C=O) groups excluding carboxylic acids is 1.